The standard InChI is InChI=1S/C16H27N3O2/c1-18-5-4-6-19(8-7-18)16(12-17)13-9-14(20-2)11-15(10-13)21-3/h9-11,16H,4-8,12,17H2,1-3H3. The first-order chi connectivity index (χ1) is 10.2. The third-order valence-corrected chi connectivity index (χ3v) is 4.18. The number of hydrogen-bond donors (Lipinski definition) is 1. The van der Waals surface area contributed by atoms with E-state index in [1.54, 1.807) is 14.2 Å². The molecule has 1 fully saturated rings. The summed E-state index contributed by atoms with van der Waals surface area (Å²) in [7, 11) is 5.53. The third-order valence-electron chi connectivity index (χ3n) is 4.18. The second kappa shape index (κ2) is 7.64. The highest BCUT2D eigenvalue weighted by Gasteiger charge is 2.22. The summed E-state index contributed by atoms with van der Waals surface area (Å²) in [5, 5.41) is 0. The maximum absolute atomic E-state index is 6.07. The van der Waals surface area contributed by atoms with Crippen molar-refractivity contribution in [1.82, 2.24) is 9.80 Å². The molecule has 0 radical (unpaired) electrons. The summed E-state index contributed by atoms with van der Waals surface area (Å²) in [6.45, 7) is 4.94. The van der Waals surface area contributed by atoms with Crippen molar-refractivity contribution in [2.75, 3.05) is 54.0 Å². The van der Waals surface area contributed by atoms with E-state index >= 15 is 0 Å². The summed E-state index contributed by atoms with van der Waals surface area (Å²) in [5.41, 5.74) is 7.23. The maximum atomic E-state index is 6.07. The van der Waals surface area contributed by atoms with Gasteiger partial charge in [-0.15, -0.1) is 0 Å². The Balaban J connectivity index is 2.23. The zero-order valence-corrected chi connectivity index (χ0v) is 13.3. The van der Waals surface area contributed by atoms with E-state index < -0.39 is 0 Å². The fourth-order valence-corrected chi connectivity index (χ4v) is 2.90. The first-order valence-corrected chi connectivity index (χ1v) is 7.53. The van der Waals surface area contributed by atoms with Gasteiger partial charge in [-0.2, -0.15) is 0 Å². The zero-order chi connectivity index (χ0) is 15.2. The Morgan fingerprint density at radius 3 is 2.29 bits per heavy atom. The third kappa shape index (κ3) is 4.09. The van der Waals surface area contributed by atoms with Crippen LogP contribution >= 0.6 is 0 Å². The van der Waals surface area contributed by atoms with Gasteiger partial charge < -0.3 is 20.1 Å². The largest absolute Gasteiger partial charge is 0.497 e. The quantitative estimate of drug-likeness (QED) is 0.888. The molecule has 5 heteroatoms. The summed E-state index contributed by atoms with van der Waals surface area (Å²) in [4.78, 5) is 4.84. The Morgan fingerprint density at radius 2 is 1.71 bits per heavy atom. The first-order valence-electron chi connectivity index (χ1n) is 7.53. The molecule has 0 aromatic heterocycles. The van der Waals surface area contributed by atoms with Crippen molar-refractivity contribution in [3.63, 3.8) is 0 Å². The van der Waals surface area contributed by atoms with Crippen LogP contribution in [0.5, 0.6) is 11.5 Å². The van der Waals surface area contributed by atoms with Crippen molar-refractivity contribution >= 4 is 0 Å². The molecule has 1 unspecified atom stereocenters. The van der Waals surface area contributed by atoms with Crippen LogP contribution in [0.1, 0.15) is 18.0 Å². The lowest BCUT2D eigenvalue weighted by molar-refractivity contribution is 0.207. The molecule has 0 amide bonds. The van der Waals surface area contributed by atoms with Crippen molar-refractivity contribution < 1.29 is 9.47 Å². The first kappa shape index (κ1) is 16.1. The zero-order valence-electron chi connectivity index (χ0n) is 13.3. The summed E-state index contributed by atoms with van der Waals surface area (Å²) < 4.78 is 10.7. The number of hydrogen-bond acceptors (Lipinski definition) is 5. The highest BCUT2D eigenvalue weighted by molar-refractivity contribution is 5.40. The highest BCUT2D eigenvalue weighted by Crippen LogP contribution is 2.29. The number of ether oxygens (including phenoxy) is 2. The molecule has 0 aliphatic carbocycles. The molecule has 1 aliphatic rings. The molecule has 0 bridgehead atoms. The molecule has 118 valence electrons. The lowest BCUT2D eigenvalue weighted by atomic mass is 10.0. The molecular formula is C16H27N3O2. The van der Waals surface area contributed by atoms with E-state index in [0.29, 0.717) is 6.54 Å². The van der Waals surface area contributed by atoms with Crippen LogP contribution in [0.15, 0.2) is 18.2 Å². The van der Waals surface area contributed by atoms with Gasteiger partial charge in [0.25, 0.3) is 0 Å². The lowest BCUT2D eigenvalue weighted by Crippen LogP contribution is -2.36. The second-order valence-corrected chi connectivity index (χ2v) is 5.59. The molecule has 1 aliphatic heterocycles. The van der Waals surface area contributed by atoms with Gasteiger partial charge in [0.15, 0.2) is 0 Å². The molecule has 2 N–H and O–H groups in total. The van der Waals surface area contributed by atoms with E-state index in [2.05, 4.69) is 29.0 Å². The molecular weight excluding hydrogens is 266 g/mol. The van der Waals surface area contributed by atoms with Gasteiger partial charge in [0.1, 0.15) is 11.5 Å². The average molecular weight is 293 g/mol. The number of nitrogens with zero attached hydrogens (tertiary/aromatic N) is 2. The van der Waals surface area contributed by atoms with Crippen LogP contribution in [0.2, 0.25) is 0 Å². The number of nitrogens with two attached hydrogens (primary N) is 1. The highest BCUT2D eigenvalue weighted by atomic mass is 16.5. The summed E-state index contributed by atoms with van der Waals surface area (Å²) in [5.74, 6) is 1.63. The Morgan fingerprint density at radius 1 is 1.05 bits per heavy atom. The molecule has 0 spiro atoms. The average Bonchev–Trinajstić information content (AvgIpc) is 2.72. The van der Waals surface area contributed by atoms with Crippen molar-refractivity contribution in [1.29, 1.82) is 0 Å². The van der Waals surface area contributed by atoms with Crippen LogP contribution in [0.25, 0.3) is 0 Å². The van der Waals surface area contributed by atoms with Crippen molar-refractivity contribution in [3.05, 3.63) is 23.8 Å². The van der Waals surface area contributed by atoms with Gasteiger partial charge in [0.05, 0.1) is 14.2 Å². The van der Waals surface area contributed by atoms with Crippen LogP contribution < -0.4 is 15.2 Å². The smallest absolute Gasteiger partial charge is 0.122 e. The van der Waals surface area contributed by atoms with Gasteiger partial charge >= 0.3 is 0 Å². The fourth-order valence-electron chi connectivity index (χ4n) is 2.90. The minimum absolute atomic E-state index is 0.209. The molecule has 1 heterocycles. The number of likely N-dealkylation sites (N-methyl/N-ethyl adjacent to an activating group) is 1. The monoisotopic (exact) mass is 293 g/mol. The van der Waals surface area contributed by atoms with E-state index in [9.17, 15) is 0 Å². The van der Waals surface area contributed by atoms with Gasteiger partial charge in [0, 0.05) is 38.3 Å². The van der Waals surface area contributed by atoms with Gasteiger partial charge in [-0.05, 0) is 37.7 Å². The van der Waals surface area contributed by atoms with Crippen molar-refractivity contribution in [3.8, 4) is 11.5 Å². The molecule has 2 rings (SSSR count). The summed E-state index contributed by atoms with van der Waals surface area (Å²) >= 11 is 0. The number of methoxy groups -OCH3 is 2. The van der Waals surface area contributed by atoms with Crippen LogP contribution in [0.4, 0.5) is 0 Å². The van der Waals surface area contributed by atoms with Crippen molar-refractivity contribution in [2.45, 2.75) is 12.5 Å². The van der Waals surface area contributed by atoms with Gasteiger partial charge in [-0.25, -0.2) is 0 Å². The second-order valence-electron chi connectivity index (χ2n) is 5.59. The summed E-state index contributed by atoms with van der Waals surface area (Å²) in [6, 6.07) is 6.23. The number of benzene rings is 1. The Kier molecular flexibility index (Phi) is 5.85. The normalized spacial score (nSPS) is 19.0. The topological polar surface area (TPSA) is 51.0 Å². The number of rotatable bonds is 5. The van der Waals surface area contributed by atoms with Crippen LogP contribution in [0.3, 0.4) is 0 Å². The van der Waals surface area contributed by atoms with Gasteiger partial charge in [-0.3, -0.25) is 4.90 Å². The minimum Gasteiger partial charge on any atom is -0.497 e. The minimum atomic E-state index is 0.209. The predicted octanol–water partition coefficient (Wildman–Crippen LogP) is 1.34. The molecule has 1 aromatic carbocycles. The van der Waals surface area contributed by atoms with Crippen molar-refractivity contribution in [2.24, 2.45) is 5.73 Å². The molecule has 5 nitrogen and oxygen atoms in total. The Labute approximate surface area is 127 Å². The van der Waals surface area contributed by atoms with E-state index in [1.165, 1.54) is 12.0 Å². The van der Waals surface area contributed by atoms with Gasteiger partial charge in [-0.1, -0.05) is 0 Å². The van der Waals surface area contributed by atoms with E-state index in [-0.39, 0.29) is 6.04 Å². The molecule has 1 saturated heterocycles. The van der Waals surface area contributed by atoms with E-state index in [4.69, 9.17) is 15.2 Å². The van der Waals surface area contributed by atoms with Crippen LogP contribution in [-0.4, -0.2) is 63.8 Å². The Hall–Kier alpha value is -1.30. The lowest BCUT2D eigenvalue weighted by Gasteiger charge is -2.30. The predicted molar refractivity (Wildman–Crippen MR) is 85.0 cm³/mol. The van der Waals surface area contributed by atoms with E-state index in [1.807, 2.05) is 6.07 Å². The van der Waals surface area contributed by atoms with Crippen LogP contribution in [0, 0.1) is 0 Å². The van der Waals surface area contributed by atoms with Crippen LogP contribution in [-0.2, 0) is 0 Å². The molecule has 1 atom stereocenters. The van der Waals surface area contributed by atoms with E-state index in [0.717, 1.165) is 37.7 Å². The summed E-state index contributed by atoms with van der Waals surface area (Å²) in [6.07, 6.45) is 1.17. The van der Waals surface area contributed by atoms with Gasteiger partial charge in [0.2, 0.25) is 0 Å². The molecule has 0 saturated carbocycles. The Bertz CT molecular complexity index is 431. The fraction of sp³-hybridized carbons (Fsp3) is 0.625. The SMILES string of the molecule is COc1cc(OC)cc(C(CN)N2CCCN(C)CC2)c1. The molecule has 21 heavy (non-hydrogen) atoms. The maximum Gasteiger partial charge on any atom is 0.122 e. The molecule has 1 aromatic rings.